The van der Waals surface area contributed by atoms with Crippen LogP contribution in [0.3, 0.4) is 0 Å². The fraction of sp³-hybridized carbons (Fsp3) is 0.259. The zero-order valence-corrected chi connectivity index (χ0v) is 20.2. The summed E-state index contributed by atoms with van der Waals surface area (Å²) in [7, 11) is 0. The summed E-state index contributed by atoms with van der Waals surface area (Å²) < 4.78 is 6.76. The van der Waals surface area contributed by atoms with Gasteiger partial charge in [-0.05, 0) is 48.6 Å². The van der Waals surface area contributed by atoms with Crippen LogP contribution in [0.5, 0.6) is 5.75 Å². The van der Waals surface area contributed by atoms with Gasteiger partial charge in [0.1, 0.15) is 30.1 Å². The van der Waals surface area contributed by atoms with Crippen molar-refractivity contribution in [2.45, 2.75) is 38.8 Å². The van der Waals surface area contributed by atoms with Crippen molar-refractivity contribution in [2.24, 2.45) is 0 Å². The number of rotatable bonds is 5. The van der Waals surface area contributed by atoms with Crippen molar-refractivity contribution in [1.29, 1.82) is 0 Å². The molecule has 2 aliphatic rings. The SMILES string of the molecule is Cc1ccc2c(c1)CCC2NC(=O)c1cc(C(=O)NCc2ccc3c(c2)CC(=O)CO3)nc2ncnn12. The van der Waals surface area contributed by atoms with E-state index in [2.05, 4.69) is 44.8 Å². The third kappa shape index (κ3) is 4.42. The van der Waals surface area contributed by atoms with Gasteiger partial charge in [-0.2, -0.15) is 14.6 Å². The summed E-state index contributed by atoms with van der Waals surface area (Å²) in [5, 5.41) is 10.0. The van der Waals surface area contributed by atoms with Crippen molar-refractivity contribution in [1.82, 2.24) is 30.2 Å². The van der Waals surface area contributed by atoms with E-state index in [1.54, 1.807) is 6.07 Å². The molecule has 2 aromatic carbocycles. The Kier molecular flexibility index (Phi) is 5.63. The molecule has 2 N–H and O–H groups in total. The van der Waals surface area contributed by atoms with Gasteiger partial charge in [0.2, 0.25) is 0 Å². The maximum atomic E-state index is 13.3. The predicted octanol–water partition coefficient (Wildman–Crippen LogP) is 2.28. The first-order chi connectivity index (χ1) is 17.9. The number of hydrogen-bond donors (Lipinski definition) is 2. The van der Waals surface area contributed by atoms with Gasteiger partial charge in [0.25, 0.3) is 17.6 Å². The van der Waals surface area contributed by atoms with Crippen LogP contribution in [-0.2, 0) is 24.2 Å². The zero-order valence-electron chi connectivity index (χ0n) is 20.2. The molecule has 37 heavy (non-hydrogen) atoms. The van der Waals surface area contributed by atoms with Gasteiger partial charge in [0.15, 0.2) is 5.78 Å². The number of nitrogens with zero attached hydrogens (tertiary/aromatic N) is 4. The molecule has 10 heteroatoms. The molecule has 0 saturated carbocycles. The Balaban J connectivity index is 1.20. The molecule has 1 atom stereocenters. The summed E-state index contributed by atoms with van der Waals surface area (Å²) in [6, 6.07) is 13.0. The van der Waals surface area contributed by atoms with Crippen LogP contribution >= 0.6 is 0 Å². The Morgan fingerprint density at radius 1 is 1.11 bits per heavy atom. The van der Waals surface area contributed by atoms with E-state index in [0.29, 0.717) is 12.2 Å². The van der Waals surface area contributed by atoms with Crippen molar-refractivity contribution in [3.05, 3.63) is 88.0 Å². The molecule has 2 amide bonds. The second-order valence-electron chi connectivity index (χ2n) is 9.39. The third-order valence-corrected chi connectivity index (χ3v) is 6.75. The first kappa shape index (κ1) is 22.8. The summed E-state index contributed by atoms with van der Waals surface area (Å²) >= 11 is 0. The third-order valence-electron chi connectivity index (χ3n) is 6.75. The number of benzene rings is 2. The van der Waals surface area contributed by atoms with Crippen LogP contribution in [0.2, 0.25) is 0 Å². The second-order valence-corrected chi connectivity index (χ2v) is 9.39. The van der Waals surface area contributed by atoms with E-state index in [9.17, 15) is 14.4 Å². The number of aryl methyl sites for hydroxylation is 2. The van der Waals surface area contributed by atoms with Crippen LogP contribution < -0.4 is 15.4 Å². The van der Waals surface area contributed by atoms with E-state index >= 15 is 0 Å². The molecule has 0 saturated heterocycles. The Labute approximate surface area is 212 Å². The lowest BCUT2D eigenvalue weighted by molar-refractivity contribution is -0.121. The molecule has 10 nitrogen and oxygen atoms in total. The van der Waals surface area contributed by atoms with Gasteiger partial charge in [0, 0.05) is 24.6 Å². The molecule has 0 bridgehead atoms. The number of hydrogen-bond acceptors (Lipinski definition) is 7. The molecule has 186 valence electrons. The second kappa shape index (κ2) is 9.12. The normalized spacial score (nSPS) is 16.1. The molecule has 0 spiro atoms. The van der Waals surface area contributed by atoms with Crippen LogP contribution in [0, 0.1) is 6.92 Å². The molecule has 4 aromatic rings. The maximum absolute atomic E-state index is 13.3. The molecule has 1 aliphatic carbocycles. The van der Waals surface area contributed by atoms with E-state index in [-0.39, 0.29) is 48.0 Å². The van der Waals surface area contributed by atoms with E-state index in [0.717, 1.165) is 29.5 Å². The van der Waals surface area contributed by atoms with Crippen molar-refractivity contribution >= 4 is 23.4 Å². The van der Waals surface area contributed by atoms with Gasteiger partial charge in [0.05, 0.1) is 6.04 Å². The number of Topliss-reactive ketones (excluding diaryl/α,β-unsaturated/α-hetero) is 1. The molecule has 0 radical (unpaired) electrons. The Bertz CT molecular complexity index is 1580. The highest BCUT2D eigenvalue weighted by Gasteiger charge is 2.26. The number of ether oxygens (including phenoxy) is 1. The van der Waals surface area contributed by atoms with Crippen molar-refractivity contribution in [2.75, 3.05) is 6.61 Å². The van der Waals surface area contributed by atoms with Gasteiger partial charge >= 0.3 is 0 Å². The Morgan fingerprint density at radius 3 is 2.89 bits per heavy atom. The number of ketones is 1. The molecular formula is C27H24N6O4. The van der Waals surface area contributed by atoms with Crippen LogP contribution in [0.1, 0.15) is 61.3 Å². The largest absolute Gasteiger partial charge is 0.486 e. The summed E-state index contributed by atoms with van der Waals surface area (Å²) in [5.74, 6) is 0.0477. The highest BCUT2D eigenvalue weighted by Crippen LogP contribution is 2.32. The lowest BCUT2D eigenvalue weighted by Crippen LogP contribution is -2.30. The summed E-state index contributed by atoms with van der Waals surface area (Å²) in [6.45, 7) is 2.36. The smallest absolute Gasteiger partial charge is 0.270 e. The zero-order chi connectivity index (χ0) is 25.5. The Hall–Kier alpha value is -4.60. The minimum absolute atomic E-state index is 0.0153. The average Bonchev–Trinajstić information content (AvgIpc) is 3.53. The predicted molar refractivity (Wildman–Crippen MR) is 132 cm³/mol. The van der Waals surface area contributed by atoms with Crippen molar-refractivity contribution < 1.29 is 19.1 Å². The monoisotopic (exact) mass is 496 g/mol. The standard InChI is InChI=1S/C27H24N6O4/c1-15-2-5-20-17(8-15)4-6-21(20)31-26(36)23-11-22(32-27-29-14-30-33(23)27)25(35)28-12-16-3-7-24-18(9-16)10-19(34)13-37-24/h2-3,5,7-9,11,14,21H,4,6,10,12-13H2,1H3,(H,28,35)(H,31,36). The first-order valence-corrected chi connectivity index (χ1v) is 12.1. The molecular weight excluding hydrogens is 472 g/mol. The van der Waals surface area contributed by atoms with Crippen LogP contribution in [-0.4, -0.2) is 43.8 Å². The van der Waals surface area contributed by atoms with E-state index in [1.165, 1.54) is 28.0 Å². The average molecular weight is 497 g/mol. The quantitative estimate of drug-likeness (QED) is 0.434. The first-order valence-electron chi connectivity index (χ1n) is 12.1. The summed E-state index contributed by atoms with van der Waals surface area (Å²) in [6.07, 6.45) is 3.31. The fourth-order valence-corrected chi connectivity index (χ4v) is 4.94. The van der Waals surface area contributed by atoms with Crippen molar-refractivity contribution in [3.63, 3.8) is 0 Å². The maximum Gasteiger partial charge on any atom is 0.270 e. The van der Waals surface area contributed by atoms with Crippen LogP contribution in [0.15, 0.2) is 48.8 Å². The highest BCUT2D eigenvalue weighted by molar-refractivity contribution is 5.98. The lowest BCUT2D eigenvalue weighted by atomic mass is 10.0. The van der Waals surface area contributed by atoms with Crippen LogP contribution in [0.25, 0.3) is 5.78 Å². The topological polar surface area (TPSA) is 128 Å². The molecule has 3 heterocycles. The minimum atomic E-state index is -0.453. The number of amides is 2. The van der Waals surface area contributed by atoms with Gasteiger partial charge in [-0.3, -0.25) is 14.4 Å². The Morgan fingerprint density at radius 2 is 2.00 bits per heavy atom. The van der Waals surface area contributed by atoms with E-state index in [1.807, 2.05) is 18.2 Å². The van der Waals surface area contributed by atoms with E-state index in [4.69, 9.17) is 4.74 Å². The summed E-state index contributed by atoms with van der Waals surface area (Å²) in [4.78, 5) is 46.4. The molecule has 2 aromatic heterocycles. The van der Waals surface area contributed by atoms with Gasteiger partial charge < -0.3 is 15.4 Å². The number of carbonyl (C=O) groups excluding carboxylic acids is 3. The number of carbonyl (C=O) groups is 3. The van der Waals surface area contributed by atoms with E-state index < -0.39 is 5.91 Å². The number of fused-ring (bicyclic) bond motifs is 3. The minimum Gasteiger partial charge on any atom is -0.486 e. The molecule has 1 aliphatic heterocycles. The van der Waals surface area contributed by atoms with Gasteiger partial charge in [-0.1, -0.05) is 29.8 Å². The van der Waals surface area contributed by atoms with Crippen molar-refractivity contribution in [3.8, 4) is 5.75 Å². The van der Waals surface area contributed by atoms with Crippen LogP contribution in [0.4, 0.5) is 0 Å². The molecule has 6 rings (SSSR count). The van der Waals surface area contributed by atoms with Gasteiger partial charge in [-0.15, -0.1) is 0 Å². The number of aromatic nitrogens is 4. The number of nitrogens with one attached hydrogen (secondary N) is 2. The fourth-order valence-electron chi connectivity index (χ4n) is 4.94. The molecule has 0 fully saturated rings. The molecule has 1 unspecified atom stereocenters. The summed E-state index contributed by atoms with van der Waals surface area (Å²) in [5.41, 5.74) is 5.40. The highest BCUT2D eigenvalue weighted by atomic mass is 16.5. The lowest BCUT2D eigenvalue weighted by Gasteiger charge is -2.17. The van der Waals surface area contributed by atoms with Gasteiger partial charge in [-0.25, -0.2) is 4.98 Å².